The molecule has 0 aliphatic carbocycles. The maximum Gasteiger partial charge on any atom is 0.341 e. The number of carbonyl (C=O) groups is 1. The fraction of sp³-hybridized carbons (Fsp3) is 0.304. The number of rotatable bonds is 12. The van der Waals surface area contributed by atoms with Gasteiger partial charge in [-0.15, -0.1) is 11.8 Å². The van der Waals surface area contributed by atoms with Gasteiger partial charge in [0, 0.05) is 36.1 Å². The molecule has 1 aromatic heterocycles. The van der Waals surface area contributed by atoms with E-state index in [-0.39, 0.29) is 11.5 Å². The van der Waals surface area contributed by atoms with Crippen molar-refractivity contribution < 1.29 is 23.1 Å². The van der Waals surface area contributed by atoms with E-state index < -0.39 is 16.0 Å². The average molecular weight is 490 g/mol. The summed E-state index contributed by atoms with van der Waals surface area (Å²) in [4.78, 5) is 11.9. The van der Waals surface area contributed by atoms with Gasteiger partial charge in [0.05, 0.1) is 10.6 Å². The first-order valence-corrected chi connectivity index (χ1v) is 12.9. The Bertz CT molecular complexity index is 1160. The monoisotopic (exact) mass is 489 g/mol. The third-order valence-electron chi connectivity index (χ3n) is 4.82. The Morgan fingerprint density at radius 3 is 2.55 bits per heavy atom. The molecule has 0 aliphatic rings. The van der Waals surface area contributed by atoms with Crippen molar-refractivity contribution in [3.05, 3.63) is 66.5 Å². The van der Waals surface area contributed by atoms with Crippen molar-refractivity contribution in [2.75, 3.05) is 25.4 Å². The number of carboxylic acids is 1. The maximum atomic E-state index is 13.2. The third kappa shape index (κ3) is 6.59. The van der Waals surface area contributed by atoms with Crippen molar-refractivity contribution in [2.24, 2.45) is 0 Å². The van der Waals surface area contributed by atoms with Crippen LogP contribution in [0.3, 0.4) is 0 Å². The molecule has 0 saturated carbocycles. The second kappa shape index (κ2) is 11.4. The average Bonchev–Trinajstić information content (AvgIpc) is 3.33. The van der Waals surface area contributed by atoms with E-state index in [2.05, 4.69) is 5.10 Å². The number of benzene rings is 2. The van der Waals surface area contributed by atoms with Crippen molar-refractivity contribution in [1.29, 1.82) is 0 Å². The molecule has 0 fully saturated rings. The van der Waals surface area contributed by atoms with Crippen LogP contribution in [0.2, 0.25) is 0 Å². The van der Waals surface area contributed by atoms with E-state index in [1.54, 1.807) is 59.2 Å². The lowest BCUT2D eigenvalue weighted by Gasteiger charge is -2.21. The number of aliphatic carboxylic acids is 1. The van der Waals surface area contributed by atoms with E-state index in [4.69, 9.17) is 9.84 Å². The number of thioether (sulfide) groups is 1. The van der Waals surface area contributed by atoms with Crippen LogP contribution in [0.25, 0.3) is 5.69 Å². The first-order valence-electron chi connectivity index (χ1n) is 10.5. The predicted octanol–water partition coefficient (Wildman–Crippen LogP) is 3.84. The van der Waals surface area contributed by atoms with Gasteiger partial charge in [-0.2, -0.15) is 9.40 Å². The van der Waals surface area contributed by atoms with Crippen molar-refractivity contribution in [3.63, 3.8) is 0 Å². The maximum absolute atomic E-state index is 13.2. The molecule has 0 spiro atoms. The van der Waals surface area contributed by atoms with Gasteiger partial charge in [0.25, 0.3) is 0 Å². The summed E-state index contributed by atoms with van der Waals surface area (Å²) in [5, 5.41) is 12.9. The van der Waals surface area contributed by atoms with Crippen LogP contribution in [0.4, 0.5) is 0 Å². The molecule has 8 nitrogen and oxygen atoms in total. The fourth-order valence-corrected chi connectivity index (χ4v) is 5.84. The first kappa shape index (κ1) is 24.8. The largest absolute Gasteiger partial charge is 0.482 e. The highest BCUT2D eigenvalue weighted by atomic mass is 32.2. The first-order chi connectivity index (χ1) is 15.8. The lowest BCUT2D eigenvalue weighted by molar-refractivity contribution is -0.139. The van der Waals surface area contributed by atoms with Gasteiger partial charge in [0.15, 0.2) is 6.61 Å². The smallest absolute Gasteiger partial charge is 0.341 e. The molecule has 33 heavy (non-hydrogen) atoms. The van der Waals surface area contributed by atoms with Crippen LogP contribution < -0.4 is 4.74 Å². The van der Waals surface area contributed by atoms with E-state index in [9.17, 15) is 13.2 Å². The highest BCUT2D eigenvalue weighted by Gasteiger charge is 2.23. The van der Waals surface area contributed by atoms with Crippen molar-refractivity contribution in [2.45, 2.75) is 30.1 Å². The molecule has 2 aromatic carbocycles. The Morgan fingerprint density at radius 2 is 1.94 bits per heavy atom. The van der Waals surface area contributed by atoms with Gasteiger partial charge in [-0.3, -0.25) is 0 Å². The Kier molecular flexibility index (Phi) is 8.54. The van der Waals surface area contributed by atoms with Gasteiger partial charge < -0.3 is 9.84 Å². The topological polar surface area (TPSA) is 102 Å². The fourth-order valence-electron chi connectivity index (χ4n) is 3.22. The molecule has 0 saturated heterocycles. The summed E-state index contributed by atoms with van der Waals surface area (Å²) in [5.41, 5.74) is 1.62. The second-order valence-electron chi connectivity index (χ2n) is 7.31. The number of hydrogen-bond acceptors (Lipinski definition) is 6. The zero-order chi connectivity index (χ0) is 23.8. The van der Waals surface area contributed by atoms with Crippen LogP contribution in [0.1, 0.15) is 18.9 Å². The summed E-state index contributed by atoms with van der Waals surface area (Å²) in [7, 11) is -3.62. The normalized spacial score (nSPS) is 11.6. The van der Waals surface area contributed by atoms with E-state index >= 15 is 0 Å². The number of aryl methyl sites for hydroxylation is 1. The molecule has 3 aromatic rings. The van der Waals surface area contributed by atoms with Gasteiger partial charge in [0.2, 0.25) is 10.0 Å². The summed E-state index contributed by atoms with van der Waals surface area (Å²) in [6, 6.07) is 14.0. The van der Waals surface area contributed by atoms with Gasteiger partial charge >= 0.3 is 5.97 Å². The molecule has 176 valence electrons. The lowest BCUT2D eigenvalue weighted by Crippen LogP contribution is -2.33. The molecule has 0 unspecified atom stereocenters. The lowest BCUT2D eigenvalue weighted by atomic mass is 10.2. The van der Waals surface area contributed by atoms with Crippen LogP contribution >= 0.6 is 11.8 Å². The van der Waals surface area contributed by atoms with Gasteiger partial charge in [0.1, 0.15) is 5.75 Å². The Morgan fingerprint density at radius 1 is 1.18 bits per heavy atom. The predicted molar refractivity (Wildman–Crippen MR) is 128 cm³/mol. The van der Waals surface area contributed by atoms with E-state index in [1.807, 2.05) is 32.0 Å². The van der Waals surface area contributed by atoms with Crippen LogP contribution in [0, 0.1) is 6.92 Å². The molecule has 1 heterocycles. The highest BCUT2D eigenvalue weighted by molar-refractivity contribution is 7.99. The number of carboxylic acid groups (broad SMARTS) is 1. The van der Waals surface area contributed by atoms with Crippen LogP contribution in [0.15, 0.2) is 70.7 Å². The molecule has 3 rings (SSSR count). The summed E-state index contributed by atoms with van der Waals surface area (Å²) in [6.07, 6.45) is 4.18. The number of ether oxygens (including phenoxy) is 1. The number of hydrogen-bond donors (Lipinski definition) is 1. The molecule has 0 aliphatic heterocycles. The highest BCUT2D eigenvalue weighted by Crippen LogP contribution is 2.26. The van der Waals surface area contributed by atoms with Gasteiger partial charge in [-0.05, 0) is 67.4 Å². The summed E-state index contributed by atoms with van der Waals surface area (Å²) in [5.74, 6) is 0.0796. The molecule has 0 amide bonds. The Balaban J connectivity index is 1.64. The number of aromatic nitrogens is 2. The Hall–Kier alpha value is -2.82. The number of sulfonamides is 1. The van der Waals surface area contributed by atoms with Crippen LogP contribution in [-0.4, -0.2) is 59.0 Å². The van der Waals surface area contributed by atoms with Gasteiger partial charge in [-0.25, -0.2) is 17.9 Å². The van der Waals surface area contributed by atoms with Crippen LogP contribution in [0.5, 0.6) is 5.75 Å². The Labute approximate surface area is 198 Å². The summed E-state index contributed by atoms with van der Waals surface area (Å²) >= 11 is 1.54. The molecule has 1 N–H and O–H groups in total. The van der Waals surface area contributed by atoms with E-state index in [0.717, 1.165) is 16.1 Å². The summed E-state index contributed by atoms with van der Waals surface area (Å²) in [6.45, 7) is 4.22. The van der Waals surface area contributed by atoms with Crippen molar-refractivity contribution in [1.82, 2.24) is 14.1 Å². The molecular weight excluding hydrogens is 462 g/mol. The minimum absolute atomic E-state index is 0.257. The molecule has 10 heteroatoms. The van der Waals surface area contributed by atoms with Gasteiger partial charge in [-0.1, -0.05) is 6.92 Å². The minimum Gasteiger partial charge on any atom is -0.482 e. The standard InChI is InChI=1S/C23H27N3O5S2/c1-3-12-25(14-15-32-20-7-10-22(18(2)16-20)31-17-23(27)28)33(29,30)21-8-5-19(6-9-21)26-13-4-11-24-26/h4-11,13,16H,3,12,14-15,17H2,1-2H3,(H,27,28). The SMILES string of the molecule is CCCN(CCSc1ccc(OCC(=O)O)c(C)c1)S(=O)(=O)c1ccc(-n2cccn2)cc1. The van der Waals surface area contributed by atoms with E-state index in [1.165, 1.54) is 4.31 Å². The zero-order valence-corrected chi connectivity index (χ0v) is 20.2. The minimum atomic E-state index is -3.62. The molecular formula is C23H27N3O5S2. The zero-order valence-electron chi connectivity index (χ0n) is 18.5. The summed E-state index contributed by atoms with van der Waals surface area (Å²) < 4.78 is 34.9. The quantitative estimate of drug-likeness (QED) is 0.386. The van der Waals surface area contributed by atoms with Crippen LogP contribution in [-0.2, 0) is 14.8 Å². The third-order valence-corrected chi connectivity index (χ3v) is 7.71. The molecule has 0 bridgehead atoms. The van der Waals surface area contributed by atoms with Crippen molar-refractivity contribution >= 4 is 27.8 Å². The second-order valence-corrected chi connectivity index (χ2v) is 10.4. The molecule has 0 radical (unpaired) electrons. The number of nitrogens with zero attached hydrogens (tertiary/aromatic N) is 3. The van der Waals surface area contributed by atoms with Crippen molar-refractivity contribution in [3.8, 4) is 11.4 Å². The molecule has 0 atom stereocenters. The van der Waals surface area contributed by atoms with E-state index in [0.29, 0.717) is 31.0 Å².